The number of carbonyl (C=O) groups is 1. The number of hydrogen-bond acceptors (Lipinski definition) is 4. The molecule has 5 nitrogen and oxygen atoms in total. The summed E-state index contributed by atoms with van der Waals surface area (Å²) in [6, 6.07) is 12.5. The van der Waals surface area contributed by atoms with Gasteiger partial charge in [0.25, 0.3) is 0 Å². The summed E-state index contributed by atoms with van der Waals surface area (Å²) in [6.07, 6.45) is -1.19. The molecule has 170 valence electrons. The molecule has 4 rings (SSSR count). The van der Waals surface area contributed by atoms with Crippen molar-refractivity contribution in [3.05, 3.63) is 88.5 Å². The Morgan fingerprint density at radius 3 is 2.52 bits per heavy atom. The first-order valence-corrected chi connectivity index (χ1v) is 10.5. The summed E-state index contributed by atoms with van der Waals surface area (Å²) in [5.41, 5.74) is 1.31. The van der Waals surface area contributed by atoms with Crippen molar-refractivity contribution in [3.8, 4) is 5.69 Å². The highest BCUT2D eigenvalue weighted by molar-refractivity contribution is 6.32. The predicted molar refractivity (Wildman–Crippen MR) is 119 cm³/mol. The van der Waals surface area contributed by atoms with Crippen LogP contribution < -0.4 is 0 Å². The van der Waals surface area contributed by atoms with Gasteiger partial charge in [0.15, 0.2) is 5.78 Å². The Morgan fingerprint density at radius 2 is 1.91 bits per heavy atom. The number of aliphatic hydroxyl groups is 1. The van der Waals surface area contributed by atoms with Gasteiger partial charge < -0.3 is 5.11 Å². The van der Waals surface area contributed by atoms with E-state index in [1.54, 1.807) is 54.1 Å². The third-order valence-corrected chi connectivity index (χ3v) is 5.71. The number of pyridine rings is 1. The van der Waals surface area contributed by atoms with E-state index in [0.717, 1.165) is 11.6 Å². The molecule has 2 aromatic heterocycles. The lowest BCUT2D eigenvalue weighted by molar-refractivity contribution is -0.137. The number of imidazole rings is 1. The average molecular weight is 474 g/mol. The lowest BCUT2D eigenvalue weighted by Crippen LogP contribution is -2.15. The number of hydrogen-bond donors (Lipinski definition) is 1. The summed E-state index contributed by atoms with van der Waals surface area (Å²) in [4.78, 5) is 21.5. The third-order valence-electron chi connectivity index (χ3n) is 5.40. The van der Waals surface area contributed by atoms with Crippen molar-refractivity contribution in [2.75, 3.05) is 6.61 Å². The molecule has 1 N–H and O–H groups in total. The van der Waals surface area contributed by atoms with Crippen LogP contribution in [0.15, 0.2) is 60.9 Å². The Labute approximate surface area is 192 Å². The number of ketones is 1. The van der Waals surface area contributed by atoms with Crippen LogP contribution >= 0.6 is 11.6 Å². The quantitative estimate of drug-likeness (QED) is 0.369. The molecule has 2 heterocycles. The van der Waals surface area contributed by atoms with Crippen LogP contribution in [0, 0.1) is 0 Å². The topological polar surface area (TPSA) is 68.0 Å². The van der Waals surface area contributed by atoms with Gasteiger partial charge in [-0.25, -0.2) is 4.98 Å². The number of Topliss-reactive ketones (excluding diaryl/α,β-unsaturated/α-hetero) is 1. The van der Waals surface area contributed by atoms with Crippen LogP contribution in [-0.4, -0.2) is 32.0 Å². The van der Waals surface area contributed by atoms with Gasteiger partial charge in [0.05, 0.1) is 27.5 Å². The zero-order valence-electron chi connectivity index (χ0n) is 17.5. The highest BCUT2D eigenvalue weighted by Gasteiger charge is 2.35. The van der Waals surface area contributed by atoms with E-state index in [9.17, 15) is 18.0 Å². The van der Waals surface area contributed by atoms with Crippen molar-refractivity contribution in [2.45, 2.75) is 25.4 Å². The first-order chi connectivity index (χ1) is 15.7. The summed E-state index contributed by atoms with van der Waals surface area (Å²) in [5, 5.41) is 8.71. The van der Waals surface area contributed by atoms with E-state index < -0.39 is 22.7 Å². The maximum Gasteiger partial charge on any atom is 0.417 e. The molecule has 2 aromatic carbocycles. The van der Waals surface area contributed by atoms with Gasteiger partial charge >= 0.3 is 6.18 Å². The van der Waals surface area contributed by atoms with Crippen molar-refractivity contribution in [1.29, 1.82) is 0 Å². The van der Waals surface area contributed by atoms with E-state index in [1.807, 2.05) is 0 Å². The normalized spacial score (nSPS) is 12.8. The van der Waals surface area contributed by atoms with Crippen LogP contribution in [-0.2, 0) is 12.6 Å². The molecule has 33 heavy (non-hydrogen) atoms. The molecule has 9 heteroatoms. The van der Waals surface area contributed by atoms with Gasteiger partial charge in [-0.2, -0.15) is 13.2 Å². The summed E-state index contributed by atoms with van der Waals surface area (Å²) >= 11 is 6.00. The van der Waals surface area contributed by atoms with Gasteiger partial charge in [-0.1, -0.05) is 23.7 Å². The Kier molecular flexibility index (Phi) is 6.23. The molecule has 0 saturated carbocycles. The largest absolute Gasteiger partial charge is 0.417 e. The molecule has 0 aliphatic carbocycles. The fourth-order valence-electron chi connectivity index (χ4n) is 3.71. The maximum atomic E-state index is 13.4. The highest BCUT2D eigenvalue weighted by Crippen LogP contribution is 2.38. The Balaban J connectivity index is 1.92. The zero-order valence-corrected chi connectivity index (χ0v) is 18.2. The summed E-state index contributed by atoms with van der Waals surface area (Å²) in [6.45, 7) is 1.64. The smallest absolute Gasteiger partial charge is 0.396 e. The summed E-state index contributed by atoms with van der Waals surface area (Å²) in [5.74, 6) is -0.755. The second kappa shape index (κ2) is 8.96. The molecule has 0 aliphatic heterocycles. The van der Waals surface area contributed by atoms with E-state index in [0.29, 0.717) is 23.2 Å². The van der Waals surface area contributed by atoms with Gasteiger partial charge in [-0.15, -0.1) is 0 Å². The average Bonchev–Trinajstić information content (AvgIpc) is 3.16. The van der Waals surface area contributed by atoms with E-state index >= 15 is 0 Å². The number of alkyl halides is 3. The van der Waals surface area contributed by atoms with Crippen LogP contribution in [0.25, 0.3) is 16.7 Å². The third kappa shape index (κ3) is 4.49. The van der Waals surface area contributed by atoms with Gasteiger partial charge in [0, 0.05) is 30.3 Å². The Bertz CT molecular complexity index is 1300. The first-order valence-electron chi connectivity index (χ1n) is 10.1. The van der Waals surface area contributed by atoms with E-state index in [4.69, 9.17) is 16.7 Å². The summed E-state index contributed by atoms with van der Waals surface area (Å²) < 4.78 is 41.9. The van der Waals surface area contributed by atoms with Crippen molar-refractivity contribution in [2.24, 2.45) is 0 Å². The number of carbonyl (C=O) groups excluding carboxylic acids is 1. The molecule has 0 fully saturated rings. The van der Waals surface area contributed by atoms with Crippen molar-refractivity contribution in [1.82, 2.24) is 14.5 Å². The Morgan fingerprint density at radius 1 is 1.18 bits per heavy atom. The second-order valence-electron chi connectivity index (χ2n) is 7.59. The van der Waals surface area contributed by atoms with E-state index in [-0.39, 0.29) is 23.7 Å². The molecular weight excluding hydrogens is 455 g/mol. The monoisotopic (exact) mass is 473 g/mol. The lowest BCUT2D eigenvalue weighted by atomic mass is 10.00. The van der Waals surface area contributed by atoms with Gasteiger partial charge in [-0.3, -0.25) is 14.3 Å². The second-order valence-corrected chi connectivity index (χ2v) is 8.00. The number of benzene rings is 2. The zero-order chi connectivity index (χ0) is 23.8. The minimum absolute atomic E-state index is 0.00885. The number of rotatable bonds is 6. The molecule has 1 atom stereocenters. The number of aliphatic hydroxyl groups excluding tert-OH is 1. The highest BCUT2D eigenvalue weighted by atomic mass is 35.5. The van der Waals surface area contributed by atoms with Crippen LogP contribution in [0.5, 0.6) is 0 Å². The van der Waals surface area contributed by atoms with Gasteiger partial charge in [-0.05, 0) is 55.3 Å². The fourth-order valence-corrected chi connectivity index (χ4v) is 3.98. The number of nitrogens with zero attached hydrogens (tertiary/aromatic N) is 3. The molecular formula is C24H19ClF3N3O2. The van der Waals surface area contributed by atoms with Crippen LogP contribution in [0.1, 0.15) is 40.2 Å². The van der Waals surface area contributed by atoms with Crippen LogP contribution in [0.3, 0.4) is 0 Å². The number of aromatic nitrogens is 3. The molecule has 4 aromatic rings. The minimum Gasteiger partial charge on any atom is -0.396 e. The standard InChI is InChI=1S/C24H19ClF3N3O2/c1-14(22(33)16-3-2-9-29-13-16)23-30-20-11-18(24(26,27)28)19(25)12-21(20)31(23)17-6-4-15(5-7-17)8-10-32/h2-7,9,11-14,32H,8,10H2,1H3. The summed E-state index contributed by atoms with van der Waals surface area (Å²) in [7, 11) is 0. The molecule has 0 aliphatic rings. The van der Waals surface area contributed by atoms with Gasteiger partial charge in [0.1, 0.15) is 5.82 Å². The molecule has 0 bridgehead atoms. The lowest BCUT2D eigenvalue weighted by Gasteiger charge is -2.15. The maximum absolute atomic E-state index is 13.4. The molecule has 0 radical (unpaired) electrons. The number of halogens is 4. The minimum atomic E-state index is -4.64. The SMILES string of the molecule is CC(C(=O)c1cccnc1)c1nc2cc(C(F)(F)F)c(Cl)cc2n1-c1ccc(CCO)cc1. The Hall–Kier alpha value is -3.23. The van der Waals surface area contributed by atoms with Crippen molar-refractivity contribution >= 4 is 28.4 Å². The van der Waals surface area contributed by atoms with Gasteiger partial charge in [0.2, 0.25) is 0 Å². The fraction of sp³-hybridized carbons (Fsp3) is 0.208. The molecule has 0 saturated heterocycles. The first kappa shape index (κ1) is 22.9. The van der Waals surface area contributed by atoms with Crippen molar-refractivity contribution < 1.29 is 23.1 Å². The van der Waals surface area contributed by atoms with Crippen LogP contribution in [0.2, 0.25) is 5.02 Å². The number of fused-ring (bicyclic) bond motifs is 1. The van der Waals surface area contributed by atoms with Crippen molar-refractivity contribution in [3.63, 3.8) is 0 Å². The molecule has 0 spiro atoms. The molecule has 1 unspecified atom stereocenters. The molecule has 0 amide bonds. The van der Waals surface area contributed by atoms with E-state index in [1.165, 1.54) is 12.3 Å². The van der Waals surface area contributed by atoms with E-state index in [2.05, 4.69) is 9.97 Å². The predicted octanol–water partition coefficient (Wildman–Crippen LogP) is 5.61. The van der Waals surface area contributed by atoms with Crippen LogP contribution in [0.4, 0.5) is 13.2 Å².